The molecule has 5 atom stereocenters. The van der Waals surface area contributed by atoms with Crippen LogP contribution in [0.15, 0.2) is 67.3 Å². The number of benzene rings is 2. The number of rotatable bonds is 10. The van der Waals surface area contributed by atoms with E-state index < -0.39 is 76.6 Å². The zero-order chi connectivity index (χ0) is 39.1. The summed E-state index contributed by atoms with van der Waals surface area (Å²) in [5, 5.41) is 15.6. The number of ether oxygens (including phenoxy) is 3. The molecule has 0 radical (unpaired) electrons. The first-order valence-electron chi connectivity index (χ1n) is 17.0. The van der Waals surface area contributed by atoms with E-state index in [9.17, 15) is 37.5 Å². The summed E-state index contributed by atoms with van der Waals surface area (Å²) in [5.74, 6) is -3.42. The quantitative estimate of drug-likeness (QED) is 0.205. The van der Waals surface area contributed by atoms with Crippen molar-refractivity contribution < 1.29 is 51.7 Å². The molecular formula is C38H43F3N4O8. The number of pyridine rings is 1. The number of aromatic nitrogens is 1. The fourth-order valence-electron chi connectivity index (χ4n) is 6.34. The van der Waals surface area contributed by atoms with Crippen molar-refractivity contribution >= 4 is 34.8 Å². The Labute approximate surface area is 304 Å². The van der Waals surface area contributed by atoms with Crippen molar-refractivity contribution in [2.75, 3.05) is 6.54 Å². The summed E-state index contributed by atoms with van der Waals surface area (Å²) in [4.78, 5) is 59.4. The molecule has 0 spiro atoms. The van der Waals surface area contributed by atoms with Gasteiger partial charge in [-0.25, -0.2) is 14.6 Å². The van der Waals surface area contributed by atoms with Gasteiger partial charge in [-0.15, -0.1) is 19.8 Å². The number of fused-ring (bicyclic) bond motifs is 1. The van der Waals surface area contributed by atoms with Gasteiger partial charge in [-0.05, 0) is 44.7 Å². The van der Waals surface area contributed by atoms with Crippen molar-refractivity contribution in [2.24, 2.45) is 11.3 Å². The highest BCUT2D eigenvalue weighted by molar-refractivity contribution is 5.96. The fourth-order valence-corrected chi connectivity index (χ4v) is 6.34. The van der Waals surface area contributed by atoms with Gasteiger partial charge in [0.25, 0.3) is 0 Å². The number of hydrogen-bond donors (Lipinski definition) is 3. The van der Waals surface area contributed by atoms with Crippen LogP contribution in [0.2, 0.25) is 0 Å². The van der Waals surface area contributed by atoms with E-state index in [1.54, 1.807) is 77.9 Å². The summed E-state index contributed by atoms with van der Waals surface area (Å²) in [7, 11) is 0. The highest BCUT2D eigenvalue weighted by atomic mass is 19.4. The minimum Gasteiger partial charge on any atom is -0.488 e. The number of carboxylic acid groups (broad SMARTS) is 1. The third-order valence-corrected chi connectivity index (χ3v) is 8.99. The van der Waals surface area contributed by atoms with Gasteiger partial charge >= 0.3 is 18.4 Å². The first-order chi connectivity index (χ1) is 24.6. The molecule has 0 unspecified atom stereocenters. The molecule has 2 fully saturated rings. The number of amides is 3. The first-order valence-corrected chi connectivity index (χ1v) is 17.0. The number of alkyl halides is 3. The van der Waals surface area contributed by atoms with Gasteiger partial charge in [0.1, 0.15) is 40.8 Å². The number of alkyl carbamates (subject to hydrolysis) is 1. The minimum absolute atomic E-state index is 0.0882. The number of likely N-dealkylation sites (tertiary alicyclic amines) is 1. The summed E-state index contributed by atoms with van der Waals surface area (Å²) in [6.45, 7) is 13.7. The van der Waals surface area contributed by atoms with Gasteiger partial charge in [-0.2, -0.15) is 0 Å². The average Bonchev–Trinajstić information content (AvgIpc) is 3.61. The zero-order valence-corrected chi connectivity index (χ0v) is 30.2. The maximum absolute atomic E-state index is 14.4. The summed E-state index contributed by atoms with van der Waals surface area (Å²) >= 11 is 0. The number of carbonyl (C=O) groups excluding carboxylic acids is 3. The molecule has 3 aromatic rings. The Hall–Kier alpha value is -5.34. The highest BCUT2D eigenvalue weighted by Gasteiger charge is 2.61. The third kappa shape index (κ3) is 9.00. The topological polar surface area (TPSA) is 156 Å². The smallest absolute Gasteiger partial charge is 0.488 e. The van der Waals surface area contributed by atoms with E-state index in [2.05, 4.69) is 26.9 Å². The number of nitrogens with zero attached hydrogens (tertiary/aromatic N) is 2. The van der Waals surface area contributed by atoms with E-state index in [-0.39, 0.29) is 30.7 Å². The van der Waals surface area contributed by atoms with Crippen LogP contribution < -0.4 is 20.1 Å². The molecule has 5 rings (SSSR count). The number of aliphatic carboxylic acids is 1. The minimum atomic E-state index is -4.94. The van der Waals surface area contributed by atoms with Crippen LogP contribution in [0, 0.1) is 11.3 Å². The number of carbonyl (C=O) groups is 4. The first kappa shape index (κ1) is 38.9. The van der Waals surface area contributed by atoms with Crippen LogP contribution in [0.5, 0.6) is 11.5 Å². The fraction of sp³-hybridized carbons (Fsp3) is 0.447. The van der Waals surface area contributed by atoms with E-state index in [1.807, 2.05) is 0 Å². The van der Waals surface area contributed by atoms with E-state index >= 15 is 0 Å². The third-order valence-electron chi connectivity index (χ3n) is 8.99. The van der Waals surface area contributed by atoms with Gasteiger partial charge in [-0.1, -0.05) is 57.2 Å². The zero-order valence-electron chi connectivity index (χ0n) is 30.2. The second-order valence-electron chi connectivity index (χ2n) is 15.3. The van der Waals surface area contributed by atoms with Gasteiger partial charge in [0.2, 0.25) is 11.8 Å². The Morgan fingerprint density at radius 1 is 1.04 bits per heavy atom. The van der Waals surface area contributed by atoms with Crippen molar-refractivity contribution in [2.45, 2.75) is 90.1 Å². The maximum Gasteiger partial charge on any atom is 0.573 e. The summed E-state index contributed by atoms with van der Waals surface area (Å²) in [6, 6.07) is 11.7. The largest absolute Gasteiger partial charge is 0.573 e. The van der Waals surface area contributed by atoms with Crippen LogP contribution in [0.4, 0.5) is 18.0 Å². The SMILES string of the molecule is C=C[C@@H]1C[C@]1(NC(=O)[C@@H]1C[C@@H](Oc2cc(-c3ccccc3)nc3cc(OC(F)(F)F)ccc23)CN1C(=O)[C@@H](NC(=O)OC(C)(C)C)C(C)(C)C)C(=O)O. The normalized spacial score (nSPS) is 22.1. The number of hydrogen-bond acceptors (Lipinski definition) is 8. The monoisotopic (exact) mass is 740 g/mol. The van der Waals surface area contributed by atoms with Crippen LogP contribution in [0.25, 0.3) is 22.2 Å². The summed E-state index contributed by atoms with van der Waals surface area (Å²) < 4.78 is 55.4. The Bertz CT molecular complexity index is 1910. The molecule has 0 bridgehead atoms. The molecule has 1 aliphatic heterocycles. The molecule has 12 nitrogen and oxygen atoms in total. The molecule has 284 valence electrons. The number of carboxylic acids is 1. The number of nitrogens with one attached hydrogen (secondary N) is 2. The molecule has 53 heavy (non-hydrogen) atoms. The lowest BCUT2D eigenvalue weighted by Gasteiger charge is -2.35. The molecule has 15 heteroatoms. The van der Waals surface area contributed by atoms with Crippen LogP contribution in [-0.2, 0) is 19.1 Å². The lowest BCUT2D eigenvalue weighted by Crippen LogP contribution is -2.59. The van der Waals surface area contributed by atoms with Crippen LogP contribution >= 0.6 is 0 Å². The maximum atomic E-state index is 14.4. The Balaban J connectivity index is 1.52. The molecule has 1 aromatic heterocycles. The van der Waals surface area contributed by atoms with Gasteiger partial charge in [0.05, 0.1) is 17.8 Å². The summed E-state index contributed by atoms with van der Waals surface area (Å²) in [6.07, 6.45) is -5.17. The van der Waals surface area contributed by atoms with Crippen molar-refractivity contribution in [1.29, 1.82) is 0 Å². The van der Waals surface area contributed by atoms with E-state index in [0.29, 0.717) is 16.6 Å². The van der Waals surface area contributed by atoms with Gasteiger partial charge in [0.15, 0.2) is 0 Å². The van der Waals surface area contributed by atoms with Gasteiger partial charge in [0, 0.05) is 35.4 Å². The van der Waals surface area contributed by atoms with Crippen molar-refractivity contribution in [3.63, 3.8) is 0 Å². The van der Waals surface area contributed by atoms with E-state index in [0.717, 1.165) is 12.1 Å². The molecule has 1 saturated carbocycles. The molecule has 3 amide bonds. The molecular weight excluding hydrogens is 697 g/mol. The van der Waals surface area contributed by atoms with Gasteiger partial charge < -0.3 is 34.9 Å². The van der Waals surface area contributed by atoms with E-state index in [1.165, 1.54) is 17.0 Å². The molecule has 1 aliphatic carbocycles. The Morgan fingerprint density at radius 2 is 1.72 bits per heavy atom. The second kappa shape index (κ2) is 14.2. The molecule has 2 aromatic carbocycles. The Kier molecular flexibility index (Phi) is 10.4. The van der Waals surface area contributed by atoms with Crippen molar-refractivity contribution in [1.82, 2.24) is 20.5 Å². The predicted octanol–water partition coefficient (Wildman–Crippen LogP) is 6.23. The Morgan fingerprint density at radius 3 is 2.28 bits per heavy atom. The van der Waals surface area contributed by atoms with Crippen molar-refractivity contribution in [3.05, 3.63) is 67.3 Å². The standard InChI is InChI=1S/C38H43F3N4O8/c1-8-22-19-37(22,33(48)49)44-31(46)28-17-24(20-45(28)32(47)30(35(2,3)4)43-34(50)53-36(5,6)7)51-29-18-26(21-12-10-9-11-13-21)42-27-16-23(14-15-25(27)29)52-38(39,40)41/h8-16,18,22,24,28,30H,1,17,19-20H2,2-7H3,(H,43,50)(H,44,46)(H,48,49)/t22-,24-,28+,30-,37-/m1/s1. The summed E-state index contributed by atoms with van der Waals surface area (Å²) in [5.41, 5.74) is -2.18. The number of halogens is 3. The second-order valence-corrected chi connectivity index (χ2v) is 15.3. The van der Waals surface area contributed by atoms with E-state index in [4.69, 9.17) is 9.47 Å². The predicted molar refractivity (Wildman–Crippen MR) is 188 cm³/mol. The van der Waals surface area contributed by atoms with Crippen molar-refractivity contribution in [3.8, 4) is 22.8 Å². The van der Waals surface area contributed by atoms with Gasteiger partial charge in [-0.3, -0.25) is 9.59 Å². The molecule has 3 N–H and O–H groups in total. The lowest BCUT2D eigenvalue weighted by atomic mass is 9.85. The average molecular weight is 741 g/mol. The van der Waals surface area contributed by atoms with Crippen LogP contribution in [-0.4, -0.2) is 81.1 Å². The molecule has 2 aliphatic rings. The lowest BCUT2D eigenvalue weighted by molar-refractivity contribution is -0.274. The molecule has 1 saturated heterocycles. The van der Waals surface area contributed by atoms with Crippen LogP contribution in [0.1, 0.15) is 54.4 Å². The molecule has 2 heterocycles. The van der Waals surface area contributed by atoms with Crippen LogP contribution in [0.3, 0.4) is 0 Å². The highest BCUT2D eigenvalue weighted by Crippen LogP contribution is 2.45.